The van der Waals surface area contributed by atoms with Crippen molar-refractivity contribution in [2.24, 2.45) is 0 Å². The second kappa shape index (κ2) is 5.40. The van der Waals surface area contributed by atoms with Gasteiger partial charge in [-0.25, -0.2) is 4.39 Å². The third-order valence-electron chi connectivity index (χ3n) is 2.89. The van der Waals surface area contributed by atoms with Gasteiger partial charge < -0.3 is 5.10 Å². The molecule has 0 radical (unpaired) electrons. The van der Waals surface area contributed by atoms with E-state index in [1.807, 2.05) is 0 Å². The summed E-state index contributed by atoms with van der Waals surface area (Å²) in [5.74, 6) is -0.334. The van der Waals surface area contributed by atoms with Crippen LogP contribution in [-0.2, 0) is 12.8 Å². The molecule has 0 spiro atoms. The number of aromatic nitrogens is 2. The lowest BCUT2D eigenvalue weighted by atomic mass is 10.0. The third-order valence-corrected chi connectivity index (χ3v) is 3.24. The number of rotatable bonds is 3. The number of benzene rings is 1. The zero-order valence-corrected chi connectivity index (χ0v) is 11.0. The lowest BCUT2D eigenvalue weighted by Crippen LogP contribution is -2.27. The molecule has 0 aliphatic heterocycles. The first kappa shape index (κ1) is 13.5. The molecule has 0 amide bonds. The van der Waals surface area contributed by atoms with E-state index >= 15 is 0 Å². The molecule has 6 heteroatoms. The third kappa shape index (κ3) is 2.93. The van der Waals surface area contributed by atoms with Gasteiger partial charge in [0.25, 0.3) is 0 Å². The Hall–Kier alpha value is -1.88. The minimum absolute atomic E-state index is 0.334. The fourth-order valence-corrected chi connectivity index (χ4v) is 2.04. The highest BCUT2D eigenvalue weighted by atomic mass is 35.5. The van der Waals surface area contributed by atoms with Crippen LogP contribution in [0.2, 0.25) is 5.02 Å². The van der Waals surface area contributed by atoms with Gasteiger partial charge in [0.2, 0.25) is 5.43 Å². The summed E-state index contributed by atoms with van der Waals surface area (Å²) in [6.07, 6.45) is 0.723. The van der Waals surface area contributed by atoms with Crippen LogP contribution >= 0.6 is 11.6 Å². The molecule has 1 aromatic heterocycles. The van der Waals surface area contributed by atoms with E-state index in [1.165, 1.54) is 6.07 Å². The monoisotopic (exact) mass is 282 g/mol. The number of aryl methyl sites for hydroxylation is 2. The van der Waals surface area contributed by atoms with E-state index in [2.05, 4.69) is 10.2 Å². The van der Waals surface area contributed by atoms with E-state index in [0.717, 1.165) is 0 Å². The van der Waals surface area contributed by atoms with Crippen molar-refractivity contribution in [3.8, 4) is 0 Å². The van der Waals surface area contributed by atoms with Crippen molar-refractivity contribution in [3.63, 3.8) is 0 Å². The minimum Gasteiger partial charge on any atom is -0.302 e. The first-order valence-corrected chi connectivity index (χ1v) is 6.11. The van der Waals surface area contributed by atoms with Crippen molar-refractivity contribution >= 4 is 11.6 Å². The van der Waals surface area contributed by atoms with E-state index in [-0.39, 0.29) is 5.82 Å². The molecule has 0 fully saturated rings. The van der Waals surface area contributed by atoms with E-state index in [0.29, 0.717) is 34.7 Å². The summed E-state index contributed by atoms with van der Waals surface area (Å²) in [5, 5.41) is 5.18. The molecule has 19 heavy (non-hydrogen) atoms. The molecule has 0 aliphatic rings. The van der Waals surface area contributed by atoms with Gasteiger partial charge >= 0.3 is 5.56 Å². The summed E-state index contributed by atoms with van der Waals surface area (Å²) in [6.45, 7) is 1.66. The Morgan fingerprint density at radius 2 is 1.95 bits per heavy atom. The normalized spacial score (nSPS) is 10.7. The van der Waals surface area contributed by atoms with Crippen molar-refractivity contribution in [2.45, 2.75) is 19.8 Å². The van der Waals surface area contributed by atoms with Crippen molar-refractivity contribution < 1.29 is 4.39 Å². The number of aromatic amines is 2. The Morgan fingerprint density at radius 3 is 2.63 bits per heavy atom. The number of hydrogen-bond donors (Lipinski definition) is 2. The minimum atomic E-state index is -0.705. The maximum atomic E-state index is 13.9. The Morgan fingerprint density at radius 1 is 1.21 bits per heavy atom. The first-order valence-electron chi connectivity index (χ1n) is 5.73. The maximum Gasteiger partial charge on any atom is 0.310 e. The molecule has 1 heterocycles. The highest BCUT2D eigenvalue weighted by Crippen LogP contribution is 2.23. The summed E-state index contributed by atoms with van der Waals surface area (Å²) in [7, 11) is 0. The lowest BCUT2D eigenvalue weighted by molar-refractivity contribution is 0.599. The van der Waals surface area contributed by atoms with Crippen molar-refractivity contribution in [2.75, 3.05) is 0 Å². The van der Waals surface area contributed by atoms with Gasteiger partial charge in [0, 0.05) is 22.3 Å². The molecule has 0 saturated carbocycles. The second-order valence-electron chi connectivity index (χ2n) is 4.27. The zero-order chi connectivity index (χ0) is 14.0. The van der Waals surface area contributed by atoms with Gasteiger partial charge in [-0.3, -0.25) is 14.7 Å². The van der Waals surface area contributed by atoms with Crippen LogP contribution in [0.25, 0.3) is 0 Å². The van der Waals surface area contributed by atoms with Crippen LogP contribution in [0.15, 0.2) is 27.8 Å². The Labute approximate surface area is 113 Å². The van der Waals surface area contributed by atoms with E-state index in [9.17, 15) is 14.0 Å². The molecule has 2 aromatic rings. The van der Waals surface area contributed by atoms with E-state index < -0.39 is 11.0 Å². The van der Waals surface area contributed by atoms with Crippen LogP contribution in [0.1, 0.15) is 16.8 Å². The molecule has 0 saturated heterocycles. The zero-order valence-electron chi connectivity index (χ0n) is 10.2. The highest BCUT2D eigenvalue weighted by molar-refractivity contribution is 6.31. The van der Waals surface area contributed by atoms with Crippen molar-refractivity contribution in [1.82, 2.24) is 10.2 Å². The summed E-state index contributed by atoms with van der Waals surface area (Å²) in [4.78, 5) is 22.1. The number of halogens is 2. The van der Waals surface area contributed by atoms with Gasteiger partial charge in [0.15, 0.2) is 0 Å². The van der Waals surface area contributed by atoms with Crippen molar-refractivity contribution in [3.05, 3.63) is 66.4 Å². The maximum absolute atomic E-state index is 13.9. The molecule has 2 rings (SSSR count). The Kier molecular flexibility index (Phi) is 3.85. The van der Waals surface area contributed by atoms with Crippen LogP contribution in [0.3, 0.4) is 0 Å². The average molecular weight is 283 g/mol. The summed E-state index contributed by atoms with van der Waals surface area (Å²) in [6, 6.07) is 4.47. The molecule has 0 bridgehead atoms. The van der Waals surface area contributed by atoms with Crippen LogP contribution in [0, 0.1) is 12.7 Å². The molecule has 100 valence electrons. The van der Waals surface area contributed by atoms with Gasteiger partial charge in [-0.1, -0.05) is 17.7 Å². The molecule has 0 unspecified atom stereocenters. The van der Waals surface area contributed by atoms with Gasteiger partial charge in [-0.2, -0.15) is 0 Å². The Bertz CT molecular complexity index is 721. The fourth-order valence-electron chi connectivity index (χ4n) is 1.80. The molecular formula is C13H12ClFN2O2. The number of nitrogens with one attached hydrogen (secondary N) is 2. The quantitative estimate of drug-likeness (QED) is 0.845. The topological polar surface area (TPSA) is 65.7 Å². The van der Waals surface area contributed by atoms with Crippen LogP contribution < -0.4 is 11.0 Å². The van der Waals surface area contributed by atoms with Crippen LogP contribution in [0.4, 0.5) is 4.39 Å². The summed E-state index contributed by atoms with van der Waals surface area (Å²) < 4.78 is 13.9. The molecule has 0 atom stereocenters. The molecular weight excluding hydrogens is 271 g/mol. The Balaban J connectivity index is 2.23. The SMILES string of the molecule is Cc1ccc(Cl)c(CCc2cc(=O)c(=O)[nH][nH]2)c1F. The smallest absolute Gasteiger partial charge is 0.302 e. The lowest BCUT2D eigenvalue weighted by Gasteiger charge is -2.08. The van der Waals surface area contributed by atoms with E-state index in [4.69, 9.17) is 11.6 Å². The first-order chi connectivity index (χ1) is 8.99. The van der Waals surface area contributed by atoms with Crippen molar-refractivity contribution in [1.29, 1.82) is 0 Å². The number of H-pyrrole nitrogens is 2. The largest absolute Gasteiger partial charge is 0.310 e. The van der Waals surface area contributed by atoms with Crippen LogP contribution in [-0.4, -0.2) is 10.2 Å². The second-order valence-corrected chi connectivity index (χ2v) is 4.68. The van der Waals surface area contributed by atoms with E-state index in [1.54, 1.807) is 19.1 Å². The summed E-state index contributed by atoms with van der Waals surface area (Å²) >= 11 is 5.95. The summed E-state index contributed by atoms with van der Waals surface area (Å²) in [5.41, 5.74) is 0.137. The average Bonchev–Trinajstić information content (AvgIpc) is 2.38. The van der Waals surface area contributed by atoms with Gasteiger partial charge in [-0.05, 0) is 31.4 Å². The standard InChI is InChI=1S/C13H12ClFN2O2/c1-7-2-5-10(14)9(12(7)15)4-3-8-6-11(18)13(19)17-16-8/h2,5-6H,3-4H2,1H3,(H,16,18)(H,17,19). The molecule has 2 N–H and O–H groups in total. The molecule has 0 aliphatic carbocycles. The molecule has 1 aromatic carbocycles. The van der Waals surface area contributed by atoms with Gasteiger partial charge in [-0.15, -0.1) is 0 Å². The highest BCUT2D eigenvalue weighted by Gasteiger charge is 2.10. The molecule has 4 nitrogen and oxygen atoms in total. The number of hydrogen-bond acceptors (Lipinski definition) is 2. The predicted molar refractivity (Wildman–Crippen MR) is 71.2 cm³/mol. The predicted octanol–water partition coefficient (Wildman–Crippen LogP) is 1.95. The van der Waals surface area contributed by atoms with Crippen LogP contribution in [0.5, 0.6) is 0 Å². The van der Waals surface area contributed by atoms with Gasteiger partial charge in [0.1, 0.15) is 5.82 Å². The fraction of sp³-hybridized carbons (Fsp3) is 0.231. The van der Waals surface area contributed by atoms with Gasteiger partial charge in [0.05, 0.1) is 0 Å².